The molecule has 0 aliphatic carbocycles. The average molecular weight is 281 g/mol. The van der Waals surface area contributed by atoms with E-state index in [9.17, 15) is 13.2 Å². The molecule has 0 saturated heterocycles. The van der Waals surface area contributed by atoms with Crippen molar-refractivity contribution in [1.29, 1.82) is 0 Å². The summed E-state index contributed by atoms with van der Waals surface area (Å²) in [5.41, 5.74) is -0.508. The van der Waals surface area contributed by atoms with Crippen molar-refractivity contribution in [3.63, 3.8) is 0 Å². The predicted octanol–water partition coefficient (Wildman–Crippen LogP) is 4.20. The van der Waals surface area contributed by atoms with E-state index in [0.29, 0.717) is 0 Å². The minimum atomic E-state index is -4.39. The lowest BCUT2D eigenvalue weighted by Gasteiger charge is -2.08. The third-order valence-electron chi connectivity index (χ3n) is 2.07. The highest BCUT2D eigenvalue weighted by Gasteiger charge is 2.30. The Morgan fingerprint density at radius 3 is 2.41 bits per heavy atom. The van der Waals surface area contributed by atoms with Gasteiger partial charge in [-0.15, -0.1) is 0 Å². The monoisotopic (exact) mass is 280 g/mol. The van der Waals surface area contributed by atoms with Gasteiger partial charge in [0, 0.05) is 0 Å². The maximum atomic E-state index is 12.5. The zero-order chi connectivity index (χ0) is 12.6. The highest BCUT2D eigenvalue weighted by atomic mass is 35.5. The summed E-state index contributed by atoms with van der Waals surface area (Å²) >= 11 is 11.3. The van der Waals surface area contributed by atoms with Crippen LogP contribution in [0.5, 0.6) is 0 Å². The highest BCUT2D eigenvalue weighted by Crippen LogP contribution is 2.30. The minimum Gasteiger partial charge on any atom is -0.238 e. The van der Waals surface area contributed by atoms with Gasteiger partial charge in [-0.1, -0.05) is 29.3 Å². The number of hydrogen-bond donors (Lipinski definition) is 0. The zero-order valence-electron chi connectivity index (χ0n) is 8.17. The topological polar surface area (TPSA) is 17.8 Å². The first-order valence-corrected chi connectivity index (χ1v) is 5.22. The number of hydrogen-bond acceptors (Lipinski definition) is 1. The van der Waals surface area contributed by atoms with Crippen molar-refractivity contribution in [2.24, 2.45) is 0 Å². The van der Waals surface area contributed by atoms with Gasteiger partial charge in [0.25, 0.3) is 0 Å². The number of nitrogens with zero attached hydrogens (tertiary/aromatic N) is 2. The van der Waals surface area contributed by atoms with Crippen LogP contribution >= 0.6 is 23.2 Å². The van der Waals surface area contributed by atoms with E-state index in [1.807, 2.05) is 0 Å². The molecule has 7 heteroatoms. The van der Waals surface area contributed by atoms with Gasteiger partial charge in [-0.3, -0.25) is 0 Å². The van der Waals surface area contributed by atoms with Crippen molar-refractivity contribution in [2.45, 2.75) is 6.18 Å². The minimum absolute atomic E-state index is 0.0454. The molecule has 1 aromatic carbocycles. The molecule has 1 aromatic heterocycles. The Morgan fingerprint density at radius 2 is 1.88 bits per heavy atom. The number of rotatable bonds is 1. The molecule has 2 aromatic rings. The molecule has 0 fully saturated rings. The molecule has 0 saturated carbocycles. The fourth-order valence-electron chi connectivity index (χ4n) is 1.29. The van der Waals surface area contributed by atoms with Gasteiger partial charge in [-0.25, -0.2) is 4.68 Å². The molecule has 0 amide bonds. The fourth-order valence-corrected chi connectivity index (χ4v) is 1.55. The molecule has 2 nitrogen and oxygen atoms in total. The predicted molar refractivity (Wildman–Crippen MR) is 58.6 cm³/mol. The maximum Gasteiger partial charge on any atom is 0.416 e. The number of halogens is 5. The lowest BCUT2D eigenvalue weighted by molar-refractivity contribution is -0.137. The molecule has 0 N–H and O–H groups in total. The van der Waals surface area contributed by atoms with Crippen LogP contribution in [0.2, 0.25) is 10.2 Å². The van der Waals surface area contributed by atoms with Gasteiger partial charge in [0.2, 0.25) is 0 Å². The second-order valence-corrected chi connectivity index (χ2v) is 4.03. The molecule has 0 aliphatic rings. The van der Waals surface area contributed by atoms with Crippen molar-refractivity contribution < 1.29 is 13.2 Å². The van der Waals surface area contributed by atoms with E-state index in [2.05, 4.69) is 5.10 Å². The smallest absolute Gasteiger partial charge is 0.238 e. The maximum absolute atomic E-state index is 12.5. The van der Waals surface area contributed by atoms with Gasteiger partial charge in [0.15, 0.2) is 5.15 Å². The van der Waals surface area contributed by atoms with E-state index >= 15 is 0 Å². The van der Waals surface area contributed by atoms with Crippen molar-refractivity contribution in [3.05, 3.63) is 46.2 Å². The van der Waals surface area contributed by atoms with E-state index in [0.717, 1.165) is 12.1 Å². The first-order valence-electron chi connectivity index (χ1n) is 4.46. The molecule has 0 aliphatic heterocycles. The third kappa shape index (κ3) is 2.56. The molecule has 90 valence electrons. The summed E-state index contributed by atoms with van der Waals surface area (Å²) in [5, 5.41) is 4.02. The molecular weight excluding hydrogens is 276 g/mol. The first kappa shape index (κ1) is 12.3. The van der Waals surface area contributed by atoms with Gasteiger partial charge in [0.05, 0.1) is 22.5 Å². The van der Waals surface area contributed by atoms with Gasteiger partial charge >= 0.3 is 6.18 Å². The fraction of sp³-hybridized carbons (Fsp3) is 0.100. The second-order valence-electron chi connectivity index (χ2n) is 3.26. The first-order chi connectivity index (χ1) is 7.88. The summed E-state index contributed by atoms with van der Waals surface area (Å²) in [6.45, 7) is 0. The Balaban J connectivity index is 2.47. The quantitative estimate of drug-likeness (QED) is 0.766. The van der Waals surface area contributed by atoms with Crippen molar-refractivity contribution in [1.82, 2.24) is 9.78 Å². The summed E-state index contributed by atoms with van der Waals surface area (Å²) in [7, 11) is 0. The Hall–Kier alpha value is -1.20. The Kier molecular flexibility index (Phi) is 3.05. The van der Waals surface area contributed by atoms with E-state index in [4.69, 9.17) is 23.2 Å². The third-order valence-corrected chi connectivity index (χ3v) is 2.72. The van der Waals surface area contributed by atoms with E-state index in [1.165, 1.54) is 23.0 Å². The second kappa shape index (κ2) is 4.23. The Bertz CT molecular complexity index is 529. The van der Waals surface area contributed by atoms with Crippen molar-refractivity contribution in [3.8, 4) is 5.69 Å². The molecule has 0 atom stereocenters. The Labute approximate surface area is 105 Å². The van der Waals surface area contributed by atoms with Crippen molar-refractivity contribution in [2.75, 3.05) is 0 Å². The molecule has 0 unspecified atom stereocenters. The summed E-state index contributed by atoms with van der Waals surface area (Å²) in [5.74, 6) is 0. The zero-order valence-corrected chi connectivity index (χ0v) is 9.68. The molecule has 0 spiro atoms. The normalized spacial score (nSPS) is 11.8. The van der Waals surface area contributed by atoms with Gasteiger partial charge in [-0.2, -0.15) is 18.3 Å². The van der Waals surface area contributed by atoms with Crippen LogP contribution in [-0.4, -0.2) is 9.78 Å². The van der Waals surface area contributed by atoms with Crippen LogP contribution in [0.1, 0.15) is 5.56 Å². The SMILES string of the molecule is FC(F)(F)c1cccc(-n2cc(Cl)c(Cl)n2)c1. The molecular formula is C10H5Cl2F3N2. The molecule has 1 heterocycles. The summed E-state index contributed by atoms with van der Waals surface area (Å²) < 4.78 is 38.7. The van der Waals surface area contributed by atoms with Crippen LogP contribution in [0.4, 0.5) is 13.2 Å². The van der Waals surface area contributed by atoms with E-state index in [1.54, 1.807) is 0 Å². The van der Waals surface area contributed by atoms with Crippen LogP contribution in [0.15, 0.2) is 30.5 Å². The summed E-state index contributed by atoms with van der Waals surface area (Å²) in [6, 6.07) is 4.73. The molecule has 17 heavy (non-hydrogen) atoms. The lowest BCUT2D eigenvalue weighted by Crippen LogP contribution is -2.06. The van der Waals surface area contributed by atoms with Crippen LogP contribution in [0.3, 0.4) is 0 Å². The average Bonchev–Trinajstić information content (AvgIpc) is 2.58. The van der Waals surface area contributed by atoms with Gasteiger partial charge < -0.3 is 0 Å². The number of alkyl halides is 3. The van der Waals surface area contributed by atoms with E-state index < -0.39 is 11.7 Å². The summed E-state index contributed by atoms with van der Waals surface area (Å²) in [6.07, 6.45) is -3.05. The molecule has 0 bridgehead atoms. The van der Waals surface area contributed by atoms with Crippen molar-refractivity contribution >= 4 is 23.2 Å². The molecule has 2 rings (SSSR count). The lowest BCUT2D eigenvalue weighted by atomic mass is 10.2. The number of benzene rings is 1. The van der Waals surface area contributed by atoms with Gasteiger partial charge in [0.1, 0.15) is 0 Å². The highest BCUT2D eigenvalue weighted by molar-refractivity contribution is 6.41. The van der Waals surface area contributed by atoms with Crippen LogP contribution in [0, 0.1) is 0 Å². The standard InChI is InChI=1S/C10H5Cl2F3N2/c11-8-5-17(16-9(8)12)7-3-1-2-6(4-7)10(13,14)15/h1-5H. The summed E-state index contributed by atoms with van der Waals surface area (Å²) in [4.78, 5) is 0. The Morgan fingerprint density at radius 1 is 1.18 bits per heavy atom. The number of aromatic nitrogens is 2. The molecule has 0 radical (unpaired) electrons. The van der Waals surface area contributed by atoms with E-state index in [-0.39, 0.29) is 15.9 Å². The van der Waals surface area contributed by atoms with Gasteiger partial charge in [-0.05, 0) is 18.2 Å². The largest absolute Gasteiger partial charge is 0.416 e. The van der Waals surface area contributed by atoms with Crippen LogP contribution < -0.4 is 0 Å². The van der Waals surface area contributed by atoms with Crippen LogP contribution in [0.25, 0.3) is 5.69 Å². The van der Waals surface area contributed by atoms with Crippen LogP contribution in [-0.2, 0) is 6.18 Å².